The maximum atomic E-state index is 3.69. The molecule has 2 heteroatoms. The van der Waals surface area contributed by atoms with Crippen molar-refractivity contribution in [2.45, 2.75) is 64.8 Å². The number of aryl methyl sites for hydroxylation is 1. The van der Waals surface area contributed by atoms with Gasteiger partial charge >= 0.3 is 0 Å². The molecule has 0 aliphatic heterocycles. The zero-order valence-electron chi connectivity index (χ0n) is 11.9. The number of hydrogen-bond donors (Lipinski definition) is 1. The summed E-state index contributed by atoms with van der Waals surface area (Å²) in [5.41, 5.74) is 1.55. The van der Waals surface area contributed by atoms with Crippen LogP contribution in [0, 0.1) is 5.92 Å². The second kappa shape index (κ2) is 7.30. The molecule has 0 saturated heterocycles. The van der Waals surface area contributed by atoms with Gasteiger partial charge in [0.1, 0.15) is 0 Å². The lowest BCUT2D eigenvalue weighted by Gasteiger charge is -2.20. The fourth-order valence-electron chi connectivity index (χ4n) is 3.22. The maximum Gasteiger partial charge on any atom is 0.0417 e. The van der Waals surface area contributed by atoms with Gasteiger partial charge < -0.3 is 5.32 Å². The standard InChI is InChI=1S/C16H27NS/c1-3-14-11-12-18-16(14)15(17-4-2)10-9-13-7-5-6-8-13/h11-13,15,17H,3-10H2,1-2H3. The van der Waals surface area contributed by atoms with Crippen molar-refractivity contribution in [1.82, 2.24) is 5.32 Å². The Hall–Kier alpha value is -0.340. The van der Waals surface area contributed by atoms with Gasteiger partial charge in [0.2, 0.25) is 0 Å². The number of hydrogen-bond acceptors (Lipinski definition) is 2. The molecule has 1 saturated carbocycles. The second-order valence-electron chi connectivity index (χ2n) is 5.50. The molecular weight excluding hydrogens is 238 g/mol. The Morgan fingerprint density at radius 3 is 2.78 bits per heavy atom. The minimum Gasteiger partial charge on any atom is -0.310 e. The van der Waals surface area contributed by atoms with Crippen LogP contribution < -0.4 is 5.32 Å². The van der Waals surface area contributed by atoms with E-state index in [0.29, 0.717) is 6.04 Å². The van der Waals surface area contributed by atoms with Crippen LogP contribution in [0.5, 0.6) is 0 Å². The monoisotopic (exact) mass is 265 g/mol. The first-order valence-corrected chi connectivity index (χ1v) is 8.52. The van der Waals surface area contributed by atoms with E-state index in [1.807, 2.05) is 11.3 Å². The van der Waals surface area contributed by atoms with Crippen molar-refractivity contribution in [2.75, 3.05) is 6.54 Å². The minimum atomic E-state index is 0.602. The van der Waals surface area contributed by atoms with E-state index in [1.165, 1.54) is 44.9 Å². The predicted molar refractivity (Wildman–Crippen MR) is 81.3 cm³/mol. The molecule has 1 aliphatic rings. The SMILES string of the molecule is CCNC(CCC1CCCC1)c1sccc1CC. The van der Waals surface area contributed by atoms with Crippen molar-refractivity contribution in [3.63, 3.8) is 0 Å². The first kappa shape index (κ1) is 14.1. The van der Waals surface area contributed by atoms with E-state index >= 15 is 0 Å². The van der Waals surface area contributed by atoms with Crippen LogP contribution in [0.25, 0.3) is 0 Å². The van der Waals surface area contributed by atoms with E-state index in [1.54, 1.807) is 10.4 Å². The van der Waals surface area contributed by atoms with Crippen LogP contribution >= 0.6 is 11.3 Å². The average molecular weight is 265 g/mol. The third-order valence-corrected chi connectivity index (χ3v) is 5.34. The highest BCUT2D eigenvalue weighted by molar-refractivity contribution is 7.10. The summed E-state index contributed by atoms with van der Waals surface area (Å²) in [6, 6.07) is 2.91. The molecule has 0 bridgehead atoms. The van der Waals surface area contributed by atoms with Gasteiger partial charge in [0.25, 0.3) is 0 Å². The molecule has 0 aromatic carbocycles. The van der Waals surface area contributed by atoms with Crippen LogP contribution in [0.1, 0.15) is 68.9 Å². The molecule has 1 aromatic rings. The highest BCUT2D eigenvalue weighted by Crippen LogP contribution is 2.34. The van der Waals surface area contributed by atoms with Crippen molar-refractivity contribution in [2.24, 2.45) is 5.92 Å². The van der Waals surface area contributed by atoms with Crippen molar-refractivity contribution in [1.29, 1.82) is 0 Å². The lowest BCUT2D eigenvalue weighted by atomic mass is 9.96. The minimum absolute atomic E-state index is 0.602. The van der Waals surface area contributed by atoms with E-state index in [-0.39, 0.29) is 0 Å². The second-order valence-corrected chi connectivity index (χ2v) is 6.45. The van der Waals surface area contributed by atoms with Gasteiger partial charge in [-0.3, -0.25) is 0 Å². The molecule has 0 amide bonds. The number of thiophene rings is 1. The van der Waals surface area contributed by atoms with Crippen molar-refractivity contribution in [3.8, 4) is 0 Å². The van der Waals surface area contributed by atoms with Crippen LogP contribution in [0.4, 0.5) is 0 Å². The predicted octanol–water partition coefficient (Wildman–Crippen LogP) is 4.93. The fourth-order valence-corrected chi connectivity index (χ4v) is 4.33. The van der Waals surface area contributed by atoms with Crippen LogP contribution in [0.2, 0.25) is 0 Å². The molecule has 0 spiro atoms. The molecule has 1 nitrogen and oxygen atoms in total. The zero-order chi connectivity index (χ0) is 12.8. The summed E-state index contributed by atoms with van der Waals surface area (Å²) in [4.78, 5) is 1.59. The summed E-state index contributed by atoms with van der Waals surface area (Å²) < 4.78 is 0. The lowest BCUT2D eigenvalue weighted by molar-refractivity contribution is 0.419. The van der Waals surface area contributed by atoms with E-state index in [2.05, 4.69) is 30.6 Å². The van der Waals surface area contributed by atoms with Crippen LogP contribution in [0.15, 0.2) is 11.4 Å². The Balaban J connectivity index is 1.94. The van der Waals surface area contributed by atoms with Crippen molar-refractivity contribution in [3.05, 3.63) is 21.9 Å². The zero-order valence-corrected chi connectivity index (χ0v) is 12.7. The van der Waals surface area contributed by atoms with Crippen LogP contribution in [0.3, 0.4) is 0 Å². The highest BCUT2D eigenvalue weighted by Gasteiger charge is 2.19. The molecule has 0 radical (unpaired) electrons. The van der Waals surface area contributed by atoms with Gasteiger partial charge in [-0.2, -0.15) is 0 Å². The van der Waals surface area contributed by atoms with Gasteiger partial charge in [-0.05, 0) is 48.7 Å². The molecule has 2 rings (SSSR count). The summed E-state index contributed by atoms with van der Waals surface area (Å²) in [5, 5.41) is 5.95. The molecule has 1 N–H and O–H groups in total. The van der Waals surface area contributed by atoms with Gasteiger partial charge in [0.05, 0.1) is 0 Å². The Labute approximate surface area is 116 Å². The number of rotatable bonds is 7. The molecule has 1 fully saturated rings. The van der Waals surface area contributed by atoms with E-state index in [0.717, 1.165) is 12.5 Å². The largest absolute Gasteiger partial charge is 0.310 e. The summed E-state index contributed by atoms with van der Waals surface area (Å²) in [5.74, 6) is 1.01. The quantitative estimate of drug-likeness (QED) is 0.737. The summed E-state index contributed by atoms with van der Waals surface area (Å²) in [7, 11) is 0. The highest BCUT2D eigenvalue weighted by atomic mass is 32.1. The molecule has 1 aromatic heterocycles. The van der Waals surface area contributed by atoms with Crippen LogP contribution in [-0.4, -0.2) is 6.54 Å². The van der Waals surface area contributed by atoms with Gasteiger partial charge in [-0.25, -0.2) is 0 Å². The molecular formula is C16H27NS. The Morgan fingerprint density at radius 1 is 1.33 bits per heavy atom. The summed E-state index contributed by atoms with van der Waals surface area (Å²) in [6.07, 6.45) is 9.80. The molecule has 1 heterocycles. The Bertz CT molecular complexity index is 339. The number of nitrogens with one attached hydrogen (secondary N) is 1. The van der Waals surface area contributed by atoms with Crippen LogP contribution in [-0.2, 0) is 6.42 Å². The lowest BCUT2D eigenvalue weighted by Crippen LogP contribution is -2.21. The Kier molecular flexibility index (Phi) is 5.71. The molecule has 18 heavy (non-hydrogen) atoms. The van der Waals surface area contributed by atoms with E-state index in [4.69, 9.17) is 0 Å². The summed E-state index contributed by atoms with van der Waals surface area (Å²) in [6.45, 7) is 5.57. The molecule has 1 unspecified atom stereocenters. The molecule has 1 aliphatic carbocycles. The Morgan fingerprint density at radius 2 is 2.11 bits per heavy atom. The molecule has 1 atom stereocenters. The first-order chi connectivity index (χ1) is 8.85. The topological polar surface area (TPSA) is 12.0 Å². The van der Waals surface area contributed by atoms with Gasteiger partial charge in [0, 0.05) is 10.9 Å². The van der Waals surface area contributed by atoms with E-state index in [9.17, 15) is 0 Å². The third kappa shape index (κ3) is 3.58. The normalized spacial score (nSPS) is 18.3. The third-order valence-electron chi connectivity index (χ3n) is 4.27. The fraction of sp³-hybridized carbons (Fsp3) is 0.750. The van der Waals surface area contributed by atoms with Crippen molar-refractivity contribution >= 4 is 11.3 Å². The smallest absolute Gasteiger partial charge is 0.0417 e. The average Bonchev–Trinajstić information content (AvgIpc) is 3.04. The summed E-state index contributed by atoms with van der Waals surface area (Å²) >= 11 is 1.94. The first-order valence-electron chi connectivity index (χ1n) is 7.64. The maximum absolute atomic E-state index is 3.69. The molecule has 102 valence electrons. The van der Waals surface area contributed by atoms with Crippen molar-refractivity contribution < 1.29 is 0 Å². The van der Waals surface area contributed by atoms with E-state index < -0.39 is 0 Å². The van der Waals surface area contributed by atoms with Gasteiger partial charge in [0.15, 0.2) is 0 Å². The van der Waals surface area contributed by atoms with Gasteiger partial charge in [-0.1, -0.05) is 39.5 Å². The van der Waals surface area contributed by atoms with Gasteiger partial charge in [-0.15, -0.1) is 11.3 Å².